The lowest BCUT2D eigenvalue weighted by atomic mass is 10.2. The van der Waals surface area contributed by atoms with E-state index in [2.05, 4.69) is 37.4 Å². The number of thiazole rings is 1. The molecule has 23 heavy (non-hydrogen) atoms. The molecule has 0 aliphatic heterocycles. The average Bonchev–Trinajstić information content (AvgIpc) is 3.13. The van der Waals surface area contributed by atoms with E-state index in [0.717, 1.165) is 37.7 Å². The zero-order chi connectivity index (χ0) is 16.2. The number of aromatic amines is 1. The molecule has 0 aliphatic carbocycles. The fourth-order valence-corrected chi connectivity index (χ4v) is 3.07. The molecular weight excluding hydrogens is 332 g/mol. The third kappa shape index (κ3) is 3.57. The van der Waals surface area contributed by atoms with Crippen molar-refractivity contribution in [3.05, 3.63) is 45.4 Å². The highest BCUT2D eigenvalue weighted by molar-refractivity contribution is 7.15. The zero-order valence-corrected chi connectivity index (χ0v) is 14.1. The van der Waals surface area contributed by atoms with Gasteiger partial charge in [-0.25, -0.2) is 4.98 Å². The van der Waals surface area contributed by atoms with Gasteiger partial charge < -0.3 is 5.32 Å². The second-order valence-corrected chi connectivity index (χ2v) is 6.54. The summed E-state index contributed by atoms with van der Waals surface area (Å²) in [4.78, 5) is 9.56. The maximum Gasteiger partial charge on any atom is 0.183 e. The smallest absolute Gasteiger partial charge is 0.183 e. The van der Waals surface area contributed by atoms with E-state index in [1.54, 1.807) is 11.3 Å². The van der Waals surface area contributed by atoms with E-state index in [9.17, 15) is 0 Å². The first-order valence-electron chi connectivity index (χ1n) is 6.95. The maximum absolute atomic E-state index is 5.89. The molecule has 1 aromatic carbocycles. The maximum atomic E-state index is 5.89. The second-order valence-electron chi connectivity index (χ2n) is 4.90. The fourth-order valence-electron chi connectivity index (χ4n) is 2.13. The lowest BCUT2D eigenvalue weighted by molar-refractivity contribution is 0.901. The molecule has 0 fully saturated rings. The van der Waals surface area contributed by atoms with E-state index >= 15 is 0 Å². The number of hydrogen-bond donors (Lipinski definition) is 2. The Hall–Kier alpha value is -2.25. The van der Waals surface area contributed by atoms with E-state index in [4.69, 9.17) is 11.6 Å². The van der Waals surface area contributed by atoms with E-state index in [-0.39, 0.29) is 0 Å². The van der Waals surface area contributed by atoms with Gasteiger partial charge >= 0.3 is 0 Å². The Morgan fingerprint density at radius 3 is 2.78 bits per heavy atom. The van der Waals surface area contributed by atoms with Gasteiger partial charge in [0.15, 0.2) is 5.13 Å². The molecule has 2 heterocycles. The van der Waals surface area contributed by atoms with Crippen LogP contribution in [0.25, 0.3) is 11.4 Å². The van der Waals surface area contributed by atoms with Crippen LogP contribution < -0.4 is 5.32 Å². The van der Waals surface area contributed by atoms with Crippen LogP contribution in [0.5, 0.6) is 0 Å². The summed E-state index contributed by atoms with van der Waals surface area (Å²) >= 11 is 7.48. The molecule has 0 aliphatic rings. The molecule has 0 amide bonds. The molecule has 0 radical (unpaired) electrons. The monoisotopic (exact) mass is 346 g/mol. The van der Waals surface area contributed by atoms with Crippen LogP contribution in [0.2, 0.25) is 5.02 Å². The molecule has 6 nitrogen and oxygen atoms in total. The van der Waals surface area contributed by atoms with Crippen LogP contribution in [0.3, 0.4) is 0 Å². The molecule has 2 N–H and O–H groups in total. The SMILES string of the molecule is C=NCc1n[nH]nc1-c1nc(NCc2ccc(Cl)cc2)sc1C. The van der Waals surface area contributed by atoms with Gasteiger partial charge in [-0.3, -0.25) is 4.99 Å². The Morgan fingerprint density at radius 2 is 2.04 bits per heavy atom. The number of hydrogen-bond acceptors (Lipinski definition) is 6. The van der Waals surface area contributed by atoms with Gasteiger partial charge in [0.2, 0.25) is 0 Å². The fraction of sp³-hybridized carbons (Fsp3) is 0.200. The van der Waals surface area contributed by atoms with E-state index in [1.807, 2.05) is 31.2 Å². The highest BCUT2D eigenvalue weighted by Gasteiger charge is 2.16. The molecule has 118 valence electrons. The molecular formula is C15H15ClN6S. The Bertz CT molecular complexity index is 808. The summed E-state index contributed by atoms with van der Waals surface area (Å²) in [6.45, 7) is 6.61. The largest absolute Gasteiger partial charge is 0.357 e. The van der Waals surface area contributed by atoms with Crippen LogP contribution in [0, 0.1) is 6.92 Å². The van der Waals surface area contributed by atoms with Crippen LogP contribution in [-0.4, -0.2) is 27.1 Å². The standard InChI is InChI=1S/C15H15ClN6S/c1-9-13(14-12(8-17-2)20-22-21-14)19-15(23-9)18-7-10-3-5-11(16)6-4-10/h3-6H,2,7-8H2,1H3,(H,18,19)(H,20,21,22). The minimum atomic E-state index is 0.413. The first-order chi connectivity index (χ1) is 11.2. The number of aliphatic imine (C=N–C) groups is 1. The predicted molar refractivity (Wildman–Crippen MR) is 94.3 cm³/mol. The van der Waals surface area contributed by atoms with Crippen molar-refractivity contribution < 1.29 is 0 Å². The first kappa shape index (κ1) is 15.6. The summed E-state index contributed by atoms with van der Waals surface area (Å²) in [5, 5.41) is 15.8. The number of anilines is 1. The summed E-state index contributed by atoms with van der Waals surface area (Å²) in [5.74, 6) is 0. The Morgan fingerprint density at radius 1 is 1.26 bits per heavy atom. The van der Waals surface area contributed by atoms with Gasteiger partial charge in [0.25, 0.3) is 0 Å². The molecule has 3 aromatic rings. The van der Waals surface area contributed by atoms with Crippen LogP contribution in [0.15, 0.2) is 29.3 Å². The third-order valence-electron chi connectivity index (χ3n) is 3.26. The van der Waals surface area contributed by atoms with Crippen LogP contribution in [0.4, 0.5) is 5.13 Å². The number of benzene rings is 1. The van der Waals surface area contributed by atoms with Gasteiger partial charge in [-0.1, -0.05) is 23.7 Å². The van der Waals surface area contributed by atoms with E-state index in [1.165, 1.54) is 0 Å². The van der Waals surface area contributed by atoms with Crippen molar-refractivity contribution in [2.45, 2.75) is 20.0 Å². The Kier molecular flexibility index (Phi) is 4.68. The van der Waals surface area contributed by atoms with Crippen molar-refractivity contribution in [2.75, 3.05) is 5.32 Å². The van der Waals surface area contributed by atoms with Crippen LogP contribution >= 0.6 is 22.9 Å². The quantitative estimate of drug-likeness (QED) is 0.667. The normalized spacial score (nSPS) is 10.7. The topological polar surface area (TPSA) is 78.8 Å². The van der Waals surface area contributed by atoms with Crippen molar-refractivity contribution in [1.29, 1.82) is 0 Å². The molecule has 0 bridgehead atoms. The molecule has 2 aromatic heterocycles. The van der Waals surface area contributed by atoms with Crippen molar-refractivity contribution in [2.24, 2.45) is 4.99 Å². The van der Waals surface area contributed by atoms with Gasteiger partial charge in [0.05, 0.1) is 6.54 Å². The van der Waals surface area contributed by atoms with Gasteiger partial charge in [0, 0.05) is 16.4 Å². The average molecular weight is 347 g/mol. The van der Waals surface area contributed by atoms with Crippen molar-refractivity contribution in [3.8, 4) is 11.4 Å². The second kappa shape index (κ2) is 6.89. The summed E-state index contributed by atoms with van der Waals surface area (Å²) in [5.41, 5.74) is 3.44. The van der Waals surface area contributed by atoms with Gasteiger partial charge in [0.1, 0.15) is 17.1 Å². The summed E-state index contributed by atoms with van der Waals surface area (Å²) in [6.07, 6.45) is 0. The molecule has 0 atom stereocenters. The number of nitrogens with zero attached hydrogens (tertiary/aromatic N) is 4. The molecule has 0 saturated carbocycles. The molecule has 8 heteroatoms. The molecule has 0 spiro atoms. The number of H-pyrrole nitrogens is 1. The minimum absolute atomic E-state index is 0.413. The molecule has 0 unspecified atom stereocenters. The third-order valence-corrected chi connectivity index (χ3v) is 4.44. The predicted octanol–water partition coefficient (Wildman–Crippen LogP) is 3.70. The van der Waals surface area contributed by atoms with E-state index in [0.29, 0.717) is 13.1 Å². The summed E-state index contributed by atoms with van der Waals surface area (Å²) in [6, 6.07) is 7.73. The number of aryl methyl sites for hydroxylation is 1. The number of nitrogens with one attached hydrogen (secondary N) is 2. The summed E-state index contributed by atoms with van der Waals surface area (Å²) < 4.78 is 0. The Labute approximate surface area is 142 Å². The lowest BCUT2D eigenvalue weighted by Gasteiger charge is -2.02. The van der Waals surface area contributed by atoms with Crippen molar-refractivity contribution >= 4 is 34.8 Å². The minimum Gasteiger partial charge on any atom is -0.357 e. The summed E-state index contributed by atoms with van der Waals surface area (Å²) in [7, 11) is 0. The first-order valence-corrected chi connectivity index (χ1v) is 8.15. The van der Waals surface area contributed by atoms with Gasteiger partial charge in [-0.15, -0.1) is 11.3 Å². The zero-order valence-electron chi connectivity index (χ0n) is 12.5. The number of aromatic nitrogens is 4. The van der Waals surface area contributed by atoms with Crippen LogP contribution in [0.1, 0.15) is 16.1 Å². The molecule has 0 saturated heterocycles. The number of rotatable bonds is 6. The van der Waals surface area contributed by atoms with Gasteiger partial charge in [-0.05, 0) is 31.3 Å². The highest BCUT2D eigenvalue weighted by Crippen LogP contribution is 2.31. The van der Waals surface area contributed by atoms with Crippen molar-refractivity contribution in [1.82, 2.24) is 20.4 Å². The lowest BCUT2D eigenvalue weighted by Crippen LogP contribution is -1.98. The van der Waals surface area contributed by atoms with Crippen molar-refractivity contribution in [3.63, 3.8) is 0 Å². The Balaban J connectivity index is 1.76. The van der Waals surface area contributed by atoms with Crippen LogP contribution in [-0.2, 0) is 13.1 Å². The van der Waals surface area contributed by atoms with Gasteiger partial charge in [-0.2, -0.15) is 15.4 Å². The highest BCUT2D eigenvalue weighted by atomic mass is 35.5. The molecule has 3 rings (SSSR count). The number of halogens is 1. The van der Waals surface area contributed by atoms with E-state index < -0.39 is 0 Å².